The van der Waals surface area contributed by atoms with E-state index in [0.717, 1.165) is 31.2 Å². The number of nitrogens with two attached hydrogens (primary N) is 1. The number of hydrogen-bond acceptors (Lipinski definition) is 9. The Morgan fingerprint density at radius 1 is 1.12 bits per heavy atom. The molecule has 0 amide bonds. The molecular formula is C22H28N6O4. The van der Waals surface area contributed by atoms with Gasteiger partial charge in [-0.15, -0.1) is 0 Å². The molecule has 0 radical (unpaired) electrons. The minimum absolute atomic E-state index is 0.0639. The molecule has 10 nitrogen and oxygen atoms in total. The normalized spacial score (nSPS) is 26.1. The lowest BCUT2D eigenvalue weighted by atomic mass is 10.1. The first-order chi connectivity index (χ1) is 15.5. The number of imidazole rings is 1. The van der Waals surface area contributed by atoms with Crippen LogP contribution in [0.1, 0.15) is 44.4 Å². The van der Waals surface area contributed by atoms with Gasteiger partial charge in [-0.1, -0.05) is 30.3 Å². The Bertz CT molecular complexity index is 1080. The molecule has 2 fully saturated rings. The largest absolute Gasteiger partial charge is 0.460 e. The Kier molecular flexibility index (Phi) is 5.58. The SMILES string of the molecule is C[C@H]1OC(n2c(NCc3ccccc3)nc3c(N)nc(OC4CCCC4)nc32)[C@H](O)[C@@H]1O. The highest BCUT2D eigenvalue weighted by Gasteiger charge is 2.43. The molecule has 5 N–H and O–H groups in total. The molecule has 3 heterocycles. The van der Waals surface area contributed by atoms with Crippen LogP contribution in [0.15, 0.2) is 30.3 Å². The molecular weight excluding hydrogens is 412 g/mol. The average molecular weight is 441 g/mol. The standard InChI is InChI=1S/C22H28N6O4/c1-12-16(29)17(30)20(31-12)28-19-15(25-21(28)24-11-13-7-3-2-4-8-13)18(23)26-22(27-19)32-14-9-5-6-10-14/h2-4,7-8,12,14,16-17,20,29-30H,5-6,9-11H2,1H3,(H,24,25)(H2,23,26,27)/t12-,16-,17-,20?/m1/s1. The van der Waals surface area contributed by atoms with Gasteiger partial charge in [0.15, 0.2) is 23.2 Å². The van der Waals surface area contributed by atoms with Crippen LogP contribution in [0.4, 0.5) is 11.8 Å². The summed E-state index contributed by atoms with van der Waals surface area (Å²) < 4.78 is 13.5. The van der Waals surface area contributed by atoms with E-state index in [1.165, 1.54) is 0 Å². The lowest BCUT2D eigenvalue weighted by molar-refractivity contribution is -0.0287. The van der Waals surface area contributed by atoms with Crippen molar-refractivity contribution >= 4 is 22.9 Å². The van der Waals surface area contributed by atoms with Gasteiger partial charge in [0.2, 0.25) is 5.95 Å². The third-order valence-electron chi connectivity index (χ3n) is 6.15. The van der Waals surface area contributed by atoms with Crippen LogP contribution in [0.2, 0.25) is 0 Å². The Labute approximate surface area is 185 Å². The third-order valence-corrected chi connectivity index (χ3v) is 6.15. The summed E-state index contributed by atoms with van der Waals surface area (Å²) in [5.41, 5.74) is 8.03. The molecule has 32 heavy (non-hydrogen) atoms. The highest BCUT2D eigenvalue weighted by molar-refractivity contribution is 5.84. The van der Waals surface area contributed by atoms with Gasteiger partial charge in [0.1, 0.15) is 18.3 Å². The van der Waals surface area contributed by atoms with Crippen molar-refractivity contribution in [1.82, 2.24) is 19.5 Å². The lowest BCUT2D eigenvalue weighted by Crippen LogP contribution is -2.30. The molecule has 1 saturated carbocycles. The molecule has 3 aromatic rings. The van der Waals surface area contributed by atoms with E-state index in [0.29, 0.717) is 23.7 Å². The number of anilines is 2. The fourth-order valence-electron chi connectivity index (χ4n) is 4.37. The molecule has 1 saturated heterocycles. The molecule has 10 heteroatoms. The van der Waals surface area contributed by atoms with E-state index in [2.05, 4.69) is 20.3 Å². The quantitative estimate of drug-likeness (QED) is 0.453. The summed E-state index contributed by atoms with van der Waals surface area (Å²) in [4.78, 5) is 13.5. The number of nitrogens with zero attached hydrogens (tertiary/aromatic N) is 4. The molecule has 1 aromatic carbocycles. The Morgan fingerprint density at radius 2 is 1.88 bits per heavy atom. The second-order valence-electron chi connectivity index (χ2n) is 8.45. The number of hydrogen-bond donors (Lipinski definition) is 4. The van der Waals surface area contributed by atoms with Crippen LogP contribution in [0, 0.1) is 0 Å². The van der Waals surface area contributed by atoms with Crippen LogP contribution in [-0.4, -0.2) is 54.1 Å². The zero-order valence-electron chi connectivity index (χ0n) is 17.9. The second-order valence-corrected chi connectivity index (χ2v) is 8.45. The van der Waals surface area contributed by atoms with Gasteiger partial charge in [0.05, 0.1) is 6.10 Å². The molecule has 1 aliphatic carbocycles. The van der Waals surface area contributed by atoms with Crippen LogP contribution in [0.25, 0.3) is 11.2 Å². The van der Waals surface area contributed by atoms with E-state index in [9.17, 15) is 10.2 Å². The van der Waals surface area contributed by atoms with Gasteiger partial charge in [-0.05, 0) is 38.2 Å². The van der Waals surface area contributed by atoms with Crippen molar-refractivity contribution in [3.05, 3.63) is 35.9 Å². The molecule has 170 valence electrons. The summed E-state index contributed by atoms with van der Waals surface area (Å²) in [6, 6.07) is 10.0. The van der Waals surface area contributed by atoms with Crippen molar-refractivity contribution in [3.63, 3.8) is 0 Å². The Balaban J connectivity index is 1.55. The predicted molar refractivity (Wildman–Crippen MR) is 118 cm³/mol. The number of aliphatic hydroxyl groups excluding tert-OH is 2. The van der Waals surface area contributed by atoms with Gasteiger partial charge in [-0.25, -0.2) is 4.98 Å². The highest BCUT2D eigenvalue weighted by Crippen LogP contribution is 2.36. The summed E-state index contributed by atoms with van der Waals surface area (Å²) in [6.07, 6.45) is 0.575. The number of ether oxygens (including phenoxy) is 2. The zero-order chi connectivity index (χ0) is 22.2. The van der Waals surface area contributed by atoms with Crippen LogP contribution in [0.3, 0.4) is 0 Å². The Morgan fingerprint density at radius 3 is 2.56 bits per heavy atom. The van der Waals surface area contributed by atoms with Gasteiger partial charge in [0.25, 0.3) is 0 Å². The van der Waals surface area contributed by atoms with E-state index in [1.807, 2.05) is 30.3 Å². The predicted octanol–water partition coefficient (Wildman–Crippen LogP) is 1.98. The minimum atomic E-state index is -1.16. The summed E-state index contributed by atoms with van der Waals surface area (Å²) in [5.74, 6) is 0.596. The molecule has 1 unspecified atom stereocenters. The topological polar surface area (TPSA) is 141 Å². The smallest absolute Gasteiger partial charge is 0.320 e. The molecule has 2 aromatic heterocycles. The summed E-state index contributed by atoms with van der Waals surface area (Å²) >= 11 is 0. The fourth-order valence-corrected chi connectivity index (χ4v) is 4.37. The van der Waals surface area contributed by atoms with Crippen molar-refractivity contribution in [2.45, 2.75) is 69.8 Å². The fraction of sp³-hybridized carbons (Fsp3) is 0.500. The number of aromatic nitrogens is 4. The molecule has 5 rings (SSSR count). The third kappa shape index (κ3) is 3.85. The van der Waals surface area contributed by atoms with E-state index in [4.69, 9.17) is 15.2 Å². The van der Waals surface area contributed by atoms with Crippen molar-refractivity contribution in [3.8, 4) is 6.01 Å². The summed E-state index contributed by atoms with van der Waals surface area (Å²) in [5, 5.41) is 24.3. The average Bonchev–Trinajstić information content (AvgIpc) is 3.49. The van der Waals surface area contributed by atoms with Crippen molar-refractivity contribution in [2.24, 2.45) is 0 Å². The van der Waals surface area contributed by atoms with Gasteiger partial charge in [-0.2, -0.15) is 9.97 Å². The Hall–Kier alpha value is -2.95. The molecule has 0 spiro atoms. The number of rotatable bonds is 6. The van der Waals surface area contributed by atoms with Crippen LogP contribution >= 0.6 is 0 Å². The van der Waals surface area contributed by atoms with Crippen molar-refractivity contribution in [1.29, 1.82) is 0 Å². The maximum atomic E-state index is 10.7. The van der Waals surface area contributed by atoms with E-state index in [1.54, 1.807) is 11.5 Å². The maximum absolute atomic E-state index is 10.7. The minimum Gasteiger partial charge on any atom is -0.460 e. The highest BCUT2D eigenvalue weighted by atomic mass is 16.6. The summed E-state index contributed by atoms with van der Waals surface area (Å²) in [6.45, 7) is 2.20. The first kappa shape index (κ1) is 20.9. The zero-order valence-corrected chi connectivity index (χ0v) is 17.9. The van der Waals surface area contributed by atoms with Gasteiger partial charge in [-0.3, -0.25) is 4.57 Å². The molecule has 1 aliphatic heterocycles. The van der Waals surface area contributed by atoms with Crippen LogP contribution < -0.4 is 15.8 Å². The molecule has 4 atom stereocenters. The summed E-state index contributed by atoms with van der Waals surface area (Å²) in [7, 11) is 0. The maximum Gasteiger partial charge on any atom is 0.320 e. The van der Waals surface area contributed by atoms with E-state index in [-0.39, 0.29) is 17.9 Å². The lowest BCUT2D eigenvalue weighted by Gasteiger charge is -2.20. The van der Waals surface area contributed by atoms with Gasteiger partial charge >= 0.3 is 6.01 Å². The first-order valence-electron chi connectivity index (χ1n) is 11.0. The van der Waals surface area contributed by atoms with Crippen molar-refractivity contribution in [2.75, 3.05) is 11.1 Å². The van der Waals surface area contributed by atoms with Crippen LogP contribution in [-0.2, 0) is 11.3 Å². The number of benzene rings is 1. The first-order valence-corrected chi connectivity index (χ1v) is 11.0. The van der Waals surface area contributed by atoms with E-state index < -0.39 is 24.5 Å². The van der Waals surface area contributed by atoms with E-state index >= 15 is 0 Å². The van der Waals surface area contributed by atoms with Crippen LogP contribution in [0.5, 0.6) is 6.01 Å². The second kappa shape index (κ2) is 8.53. The van der Waals surface area contributed by atoms with Gasteiger partial charge < -0.3 is 30.7 Å². The molecule has 0 bridgehead atoms. The van der Waals surface area contributed by atoms with Gasteiger partial charge in [0, 0.05) is 6.54 Å². The number of nitrogen functional groups attached to an aromatic ring is 1. The number of fused-ring (bicyclic) bond motifs is 1. The monoisotopic (exact) mass is 440 g/mol. The number of nitrogens with one attached hydrogen (secondary N) is 1. The van der Waals surface area contributed by atoms with Crippen molar-refractivity contribution < 1.29 is 19.7 Å². The molecule has 2 aliphatic rings. The number of aliphatic hydroxyl groups is 2.